The van der Waals surface area contributed by atoms with Gasteiger partial charge in [-0.1, -0.05) is 19.3 Å². The molecule has 0 spiro atoms. The lowest BCUT2D eigenvalue weighted by Gasteiger charge is -2.07. The molecule has 0 fully saturated rings. The monoisotopic (exact) mass is 478 g/mol. The fourth-order valence-electron chi connectivity index (χ4n) is 2.86. The van der Waals surface area contributed by atoms with Crippen molar-refractivity contribution in [2.24, 2.45) is 0 Å². The number of amides is 2. The predicted molar refractivity (Wildman–Crippen MR) is 125 cm³/mol. The average molecular weight is 479 g/mol. The van der Waals surface area contributed by atoms with Crippen LogP contribution < -0.4 is 10.6 Å². The smallest absolute Gasteiger partial charge is 0.219 e. The Bertz CT molecular complexity index is 403. The first kappa shape index (κ1) is 31.7. The number of hydrogen-bond acceptors (Lipinski definition) is 8. The first-order valence-electron chi connectivity index (χ1n) is 12.3. The maximum atomic E-state index is 11.8. The maximum Gasteiger partial charge on any atom is 0.219 e. The van der Waals surface area contributed by atoms with Crippen molar-refractivity contribution in [2.75, 3.05) is 79.2 Å². The van der Waals surface area contributed by atoms with Gasteiger partial charge >= 0.3 is 0 Å². The van der Waals surface area contributed by atoms with Gasteiger partial charge in [0.15, 0.2) is 0 Å². The summed E-state index contributed by atoms with van der Waals surface area (Å²) < 4.78 is 20.9. The molecule has 10 heteroatoms. The lowest BCUT2D eigenvalue weighted by atomic mass is 10.1. The Hall–Kier alpha value is -1.30. The van der Waals surface area contributed by atoms with Gasteiger partial charge in [-0.3, -0.25) is 9.59 Å². The van der Waals surface area contributed by atoms with Gasteiger partial charge in [-0.05, 0) is 25.7 Å². The number of carbonyl (C=O) groups excluding carboxylic acids is 2. The van der Waals surface area contributed by atoms with E-state index >= 15 is 0 Å². The lowest BCUT2D eigenvalue weighted by molar-refractivity contribution is -0.122. The molecule has 33 heavy (non-hydrogen) atoms. The molecule has 0 aliphatic heterocycles. The van der Waals surface area contributed by atoms with Crippen LogP contribution in [0.3, 0.4) is 0 Å². The second-order valence-corrected chi connectivity index (χ2v) is 7.57. The number of rotatable bonds is 26. The van der Waals surface area contributed by atoms with E-state index in [1.54, 1.807) is 0 Å². The molecule has 0 saturated carbocycles. The van der Waals surface area contributed by atoms with Crippen LogP contribution in [-0.2, 0) is 28.5 Å². The van der Waals surface area contributed by atoms with Crippen molar-refractivity contribution in [2.45, 2.75) is 57.8 Å². The van der Waals surface area contributed by atoms with Crippen molar-refractivity contribution in [1.29, 1.82) is 0 Å². The van der Waals surface area contributed by atoms with E-state index in [1.807, 2.05) is 0 Å². The van der Waals surface area contributed by atoms with Crippen molar-refractivity contribution in [3.05, 3.63) is 0 Å². The highest BCUT2D eigenvalue weighted by Gasteiger charge is 2.03. The number of nitrogens with one attached hydrogen (secondary N) is 2. The third-order valence-electron chi connectivity index (χ3n) is 4.60. The van der Waals surface area contributed by atoms with Gasteiger partial charge in [-0.2, -0.15) is 0 Å². The summed E-state index contributed by atoms with van der Waals surface area (Å²) in [5.41, 5.74) is 0. The van der Waals surface area contributed by atoms with Crippen molar-refractivity contribution in [1.82, 2.24) is 10.6 Å². The van der Waals surface area contributed by atoms with E-state index in [9.17, 15) is 9.59 Å². The van der Waals surface area contributed by atoms with E-state index < -0.39 is 0 Å². The summed E-state index contributed by atoms with van der Waals surface area (Å²) >= 11 is 0. The summed E-state index contributed by atoms with van der Waals surface area (Å²) in [7, 11) is 0. The van der Waals surface area contributed by atoms with Gasteiger partial charge in [0.2, 0.25) is 11.8 Å². The van der Waals surface area contributed by atoms with Gasteiger partial charge in [-0.15, -0.1) is 0 Å². The van der Waals surface area contributed by atoms with Gasteiger partial charge in [0.25, 0.3) is 0 Å². The molecule has 0 aromatic heterocycles. The van der Waals surface area contributed by atoms with Crippen LogP contribution in [0.15, 0.2) is 0 Å². The minimum atomic E-state index is 0.0197. The zero-order valence-electron chi connectivity index (χ0n) is 20.2. The molecule has 196 valence electrons. The molecule has 0 saturated heterocycles. The number of aliphatic hydroxyl groups is 2. The molecule has 0 aromatic rings. The Morgan fingerprint density at radius 1 is 0.485 bits per heavy atom. The highest BCUT2D eigenvalue weighted by Crippen LogP contribution is 2.07. The number of carbonyl (C=O) groups is 2. The Morgan fingerprint density at radius 2 is 0.848 bits per heavy atom. The molecule has 10 nitrogen and oxygen atoms in total. The predicted octanol–water partition coefficient (Wildman–Crippen LogP) is 0.781. The fraction of sp³-hybridized carbons (Fsp3) is 0.913. The molecule has 0 rings (SSSR count). The minimum Gasteiger partial charge on any atom is -0.394 e. The number of hydrogen-bond donors (Lipinski definition) is 4. The van der Waals surface area contributed by atoms with Crippen LogP contribution in [0.1, 0.15) is 57.8 Å². The molecule has 4 N–H and O–H groups in total. The minimum absolute atomic E-state index is 0.0197. The molecule has 0 aliphatic rings. The molecular formula is C23H46N2O8. The van der Waals surface area contributed by atoms with Gasteiger partial charge in [0.1, 0.15) is 0 Å². The molecule has 0 radical (unpaired) electrons. The van der Waals surface area contributed by atoms with E-state index in [1.165, 1.54) is 0 Å². The van der Waals surface area contributed by atoms with Crippen molar-refractivity contribution >= 4 is 11.8 Å². The van der Waals surface area contributed by atoms with Crippen LogP contribution in [0, 0.1) is 0 Å². The summed E-state index contributed by atoms with van der Waals surface area (Å²) in [4.78, 5) is 23.6. The quantitative estimate of drug-likeness (QED) is 0.134. The van der Waals surface area contributed by atoms with Gasteiger partial charge in [0.05, 0.1) is 52.9 Å². The Kier molecular flexibility index (Phi) is 25.9. The highest BCUT2D eigenvalue weighted by atomic mass is 16.5. The third kappa shape index (κ3) is 26.8. The Labute approximate surface area is 198 Å². The van der Waals surface area contributed by atoms with Gasteiger partial charge < -0.3 is 39.8 Å². The SMILES string of the molecule is O=C(CCCCCCCC(=O)NCCCOCCOCCO)NCCCOCCOCCO. The third-order valence-corrected chi connectivity index (χ3v) is 4.60. The van der Waals surface area contributed by atoms with Crippen LogP contribution >= 0.6 is 0 Å². The average Bonchev–Trinajstić information content (AvgIpc) is 2.81. The zero-order chi connectivity index (χ0) is 24.2. The lowest BCUT2D eigenvalue weighted by Crippen LogP contribution is -2.25. The number of unbranched alkanes of at least 4 members (excludes halogenated alkanes) is 4. The second-order valence-electron chi connectivity index (χ2n) is 7.57. The van der Waals surface area contributed by atoms with E-state index in [0.717, 1.165) is 44.9 Å². The molecular weight excluding hydrogens is 432 g/mol. The fourth-order valence-corrected chi connectivity index (χ4v) is 2.86. The summed E-state index contributed by atoms with van der Waals surface area (Å²) in [6, 6.07) is 0. The normalized spacial score (nSPS) is 11.0. The van der Waals surface area contributed by atoms with Gasteiger partial charge in [0, 0.05) is 39.1 Å². The summed E-state index contributed by atoms with van der Waals surface area (Å²) in [6.45, 7) is 4.99. The maximum absolute atomic E-state index is 11.8. The standard InChI is InChI=1S/C23H46N2O8/c26-12-16-32-20-18-30-14-6-10-24-22(28)8-4-2-1-3-5-9-23(29)25-11-7-15-31-19-21-33-17-13-27/h26-27H,1-21H2,(H,24,28)(H,25,29). The summed E-state index contributed by atoms with van der Waals surface area (Å²) in [5.74, 6) is 0.143. The summed E-state index contributed by atoms with van der Waals surface area (Å²) in [5, 5.41) is 22.9. The molecule has 0 aliphatic carbocycles. The molecule has 2 amide bonds. The first-order chi connectivity index (χ1) is 16.2. The van der Waals surface area contributed by atoms with Crippen molar-refractivity contribution in [3.63, 3.8) is 0 Å². The largest absolute Gasteiger partial charge is 0.394 e. The van der Waals surface area contributed by atoms with Crippen LogP contribution in [0.25, 0.3) is 0 Å². The summed E-state index contributed by atoms with van der Waals surface area (Å²) in [6.07, 6.45) is 7.33. The van der Waals surface area contributed by atoms with Crippen LogP contribution in [0.2, 0.25) is 0 Å². The number of aliphatic hydroxyl groups excluding tert-OH is 2. The zero-order valence-corrected chi connectivity index (χ0v) is 20.2. The second kappa shape index (κ2) is 26.9. The molecule has 0 aromatic carbocycles. The molecule has 0 heterocycles. The van der Waals surface area contributed by atoms with Crippen LogP contribution in [0.5, 0.6) is 0 Å². The Balaban J connectivity index is 3.26. The van der Waals surface area contributed by atoms with E-state index in [2.05, 4.69) is 10.6 Å². The van der Waals surface area contributed by atoms with Gasteiger partial charge in [-0.25, -0.2) is 0 Å². The van der Waals surface area contributed by atoms with Crippen molar-refractivity contribution in [3.8, 4) is 0 Å². The molecule has 0 unspecified atom stereocenters. The van der Waals surface area contributed by atoms with E-state index in [4.69, 9.17) is 29.2 Å². The van der Waals surface area contributed by atoms with Crippen LogP contribution in [-0.4, -0.2) is 101 Å². The van der Waals surface area contributed by atoms with Crippen molar-refractivity contribution < 1.29 is 38.7 Å². The molecule has 0 atom stereocenters. The first-order valence-corrected chi connectivity index (χ1v) is 12.3. The number of ether oxygens (including phenoxy) is 4. The topological polar surface area (TPSA) is 136 Å². The van der Waals surface area contributed by atoms with Crippen LogP contribution in [0.4, 0.5) is 0 Å². The highest BCUT2D eigenvalue weighted by molar-refractivity contribution is 5.76. The van der Waals surface area contributed by atoms with E-state index in [0.29, 0.717) is 78.8 Å². The van der Waals surface area contributed by atoms with E-state index in [-0.39, 0.29) is 25.0 Å². The molecule has 0 bridgehead atoms. The Morgan fingerprint density at radius 3 is 1.24 bits per heavy atom.